The Kier molecular flexibility index (Phi) is 4.68. The minimum Gasteiger partial charge on any atom is -0.368 e. The molecule has 1 aliphatic rings. The summed E-state index contributed by atoms with van der Waals surface area (Å²) >= 11 is 3.37. The first-order valence-electron chi connectivity index (χ1n) is 6.03. The van der Waals surface area contributed by atoms with E-state index in [9.17, 15) is 4.79 Å². The molecule has 1 fully saturated rings. The Labute approximate surface area is 115 Å². The minimum atomic E-state index is -0.394. The maximum atomic E-state index is 11.7. The minimum absolute atomic E-state index is 0.322. The van der Waals surface area contributed by atoms with Gasteiger partial charge in [0.15, 0.2) is 0 Å². The summed E-state index contributed by atoms with van der Waals surface area (Å²) in [5.41, 5.74) is 6.40. The van der Waals surface area contributed by atoms with E-state index in [1.165, 1.54) is 0 Å². The Hall–Kier alpha value is -0.980. The lowest BCUT2D eigenvalue weighted by Crippen LogP contribution is -2.39. The van der Waals surface area contributed by atoms with Crippen LogP contribution in [0.15, 0.2) is 22.9 Å². The van der Waals surface area contributed by atoms with Crippen LogP contribution in [-0.4, -0.2) is 42.0 Å². The van der Waals surface area contributed by atoms with Crippen molar-refractivity contribution in [1.29, 1.82) is 0 Å². The molecule has 0 aromatic carbocycles. The zero-order chi connectivity index (χ0) is 13.0. The molecule has 0 saturated carbocycles. The number of carbonyl (C=O) groups is 1. The topological polar surface area (TPSA) is 71.2 Å². The fourth-order valence-corrected chi connectivity index (χ4v) is 2.64. The Bertz CT molecular complexity index is 418. The van der Waals surface area contributed by atoms with Crippen molar-refractivity contribution >= 4 is 21.8 Å². The Morgan fingerprint density at radius 2 is 2.28 bits per heavy atom. The van der Waals surface area contributed by atoms with Crippen LogP contribution in [0.4, 0.5) is 0 Å². The van der Waals surface area contributed by atoms with E-state index in [4.69, 9.17) is 5.73 Å². The molecular weight excluding hydrogens is 296 g/mol. The number of amides is 1. The SMILES string of the molecule is NC(=O)C(c1cncc(Br)c1)N1CCCNCC1. The Balaban J connectivity index is 2.24. The number of nitrogens with two attached hydrogens (primary N) is 1. The van der Waals surface area contributed by atoms with Gasteiger partial charge in [0.2, 0.25) is 5.91 Å². The highest BCUT2D eigenvalue weighted by Gasteiger charge is 2.26. The third kappa shape index (κ3) is 3.28. The number of halogens is 1. The van der Waals surface area contributed by atoms with Gasteiger partial charge in [0.25, 0.3) is 0 Å². The summed E-state index contributed by atoms with van der Waals surface area (Å²) in [4.78, 5) is 18.0. The molecule has 3 N–H and O–H groups in total. The monoisotopic (exact) mass is 312 g/mol. The molecule has 1 unspecified atom stereocenters. The average molecular weight is 313 g/mol. The number of pyridine rings is 1. The Morgan fingerprint density at radius 1 is 1.44 bits per heavy atom. The molecule has 5 nitrogen and oxygen atoms in total. The number of hydrogen-bond donors (Lipinski definition) is 2. The van der Waals surface area contributed by atoms with Crippen molar-refractivity contribution in [3.05, 3.63) is 28.5 Å². The first-order valence-corrected chi connectivity index (χ1v) is 6.82. The molecule has 1 saturated heterocycles. The maximum Gasteiger partial charge on any atom is 0.239 e. The molecule has 0 spiro atoms. The second kappa shape index (κ2) is 6.26. The van der Waals surface area contributed by atoms with Gasteiger partial charge in [0.1, 0.15) is 6.04 Å². The lowest BCUT2D eigenvalue weighted by atomic mass is 10.1. The van der Waals surface area contributed by atoms with Gasteiger partial charge in [-0.05, 0) is 40.5 Å². The highest BCUT2D eigenvalue weighted by Crippen LogP contribution is 2.23. The van der Waals surface area contributed by atoms with E-state index in [-0.39, 0.29) is 5.91 Å². The van der Waals surface area contributed by atoms with Crippen molar-refractivity contribution in [2.75, 3.05) is 26.2 Å². The van der Waals surface area contributed by atoms with Gasteiger partial charge >= 0.3 is 0 Å². The lowest BCUT2D eigenvalue weighted by molar-refractivity contribution is -0.123. The van der Waals surface area contributed by atoms with E-state index in [0.29, 0.717) is 0 Å². The molecule has 0 radical (unpaired) electrons. The van der Waals surface area contributed by atoms with Crippen LogP contribution in [0.5, 0.6) is 0 Å². The number of nitrogens with one attached hydrogen (secondary N) is 1. The summed E-state index contributed by atoms with van der Waals surface area (Å²) in [7, 11) is 0. The van der Waals surface area contributed by atoms with Gasteiger partial charge in [-0.25, -0.2) is 0 Å². The first kappa shape index (κ1) is 13.5. The number of nitrogens with zero attached hydrogens (tertiary/aromatic N) is 2. The molecule has 2 rings (SSSR count). The maximum absolute atomic E-state index is 11.7. The molecule has 1 amide bonds. The standard InChI is InChI=1S/C12H17BrN4O/c13-10-6-9(7-16-8-10)11(12(14)18)17-4-1-2-15-3-5-17/h6-8,11,15H,1-5H2,(H2,14,18). The van der Waals surface area contributed by atoms with E-state index < -0.39 is 6.04 Å². The van der Waals surface area contributed by atoms with Gasteiger partial charge in [0.05, 0.1) is 0 Å². The molecule has 98 valence electrons. The van der Waals surface area contributed by atoms with Gasteiger partial charge in [0, 0.05) is 36.5 Å². The second-order valence-corrected chi connectivity index (χ2v) is 5.30. The van der Waals surface area contributed by atoms with E-state index in [1.807, 2.05) is 6.07 Å². The zero-order valence-electron chi connectivity index (χ0n) is 10.1. The highest BCUT2D eigenvalue weighted by atomic mass is 79.9. The average Bonchev–Trinajstić information content (AvgIpc) is 2.58. The van der Waals surface area contributed by atoms with Crippen LogP contribution in [0.1, 0.15) is 18.0 Å². The Morgan fingerprint density at radius 3 is 3.00 bits per heavy atom. The largest absolute Gasteiger partial charge is 0.368 e. The molecule has 1 aliphatic heterocycles. The number of aromatic nitrogens is 1. The summed E-state index contributed by atoms with van der Waals surface area (Å²) in [6.45, 7) is 3.55. The van der Waals surface area contributed by atoms with Gasteiger partial charge in [-0.1, -0.05) is 0 Å². The first-order chi connectivity index (χ1) is 8.68. The van der Waals surface area contributed by atoms with Crippen LogP contribution in [0.2, 0.25) is 0 Å². The number of carbonyl (C=O) groups excluding carboxylic acids is 1. The number of primary amides is 1. The molecule has 18 heavy (non-hydrogen) atoms. The van der Waals surface area contributed by atoms with E-state index in [0.717, 1.165) is 42.6 Å². The predicted molar refractivity (Wildman–Crippen MR) is 72.9 cm³/mol. The summed E-state index contributed by atoms with van der Waals surface area (Å²) in [6, 6.07) is 1.51. The van der Waals surface area contributed by atoms with E-state index >= 15 is 0 Å². The van der Waals surface area contributed by atoms with Gasteiger partial charge < -0.3 is 11.1 Å². The summed E-state index contributed by atoms with van der Waals surface area (Å²) in [6.07, 6.45) is 4.43. The molecule has 0 aliphatic carbocycles. The molecule has 1 aromatic heterocycles. The summed E-state index contributed by atoms with van der Waals surface area (Å²) in [5.74, 6) is -0.322. The molecule has 6 heteroatoms. The van der Waals surface area contributed by atoms with E-state index in [2.05, 4.69) is 31.1 Å². The number of rotatable bonds is 3. The fourth-order valence-electron chi connectivity index (χ4n) is 2.26. The number of hydrogen-bond acceptors (Lipinski definition) is 4. The predicted octanol–water partition coefficient (Wildman–Crippen LogP) is 0.666. The van der Waals surface area contributed by atoms with Crippen LogP contribution in [-0.2, 0) is 4.79 Å². The third-order valence-corrected chi connectivity index (χ3v) is 3.48. The summed E-state index contributed by atoms with van der Waals surface area (Å²) < 4.78 is 0.860. The molecule has 1 atom stereocenters. The van der Waals surface area contributed by atoms with Gasteiger partial charge in [-0.2, -0.15) is 0 Å². The molecule has 2 heterocycles. The zero-order valence-corrected chi connectivity index (χ0v) is 11.7. The van der Waals surface area contributed by atoms with Crippen LogP contribution in [0, 0.1) is 0 Å². The molecular formula is C12H17BrN4O. The van der Waals surface area contributed by atoms with Crippen molar-refractivity contribution in [2.45, 2.75) is 12.5 Å². The van der Waals surface area contributed by atoms with E-state index in [1.54, 1.807) is 12.4 Å². The highest BCUT2D eigenvalue weighted by molar-refractivity contribution is 9.10. The van der Waals surface area contributed by atoms with Crippen LogP contribution in [0.3, 0.4) is 0 Å². The van der Waals surface area contributed by atoms with Gasteiger partial charge in [-0.15, -0.1) is 0 Å². The normalized spacial score (nSPS) is 19.2. The van der Waals surface area contributed by atoms with Crippen LogP contribution < -0.4 is 11.1 Å². The fraction of sp³-hybridized carbons (Fsp3) is 0.500. The molecule has 0 bridgehead atoms. The quantitative estimate of drug-likeness (QED) is 0.860. The van der Waals surface area contributed by atoms with Gasteiger partial charge in [-0.3, -0.25) is 14.7 Å². The second-order valence-electron chi connectivity index (χ2n) is 4.38. The van der Waals surface area contributed by atoms with Crippen molar-refractivity contribution in [3.8, 4) is 0 Å². The summed E-state index contributed by atoms with van der Waals surface area (Å²) in [5, 5.41) is 3.32. The van der Waals surface area contributed by atoms with Crippen LogP contribution >= 0.6 is 15.9 Å². The smallest absolute Gasteiger partial charge is 0.239 e. The molecule has 1 aromatic rings. The van der Waals surface area contributed by atoms with Crippen molar-refractivity contribution in [1.82, 2.24) is 15.2 Å². The van der Waals surface area contributed by atoms with Crippen molar-refractivity contribution < 1.29 is 4.79 Å². The lowest BCUT2D eigenvalue weighted by Gasteiger charge is -2.28. The van der Waals surface area contributed by atoms with Crippen molar-refractivity contribution in [3.63, 3.8) is 0 Å². The van der Waals surface area contributed by atoms with Crippen LogP contribution in [0.25, 0.3) is 0 Å². The van der Waals surface area contributed by atoms with Crippen molar-refractivity contribution in [2.24, 2.45) is 5.73 Å². The third-order valence-electron chi connectivity index (χ3n) is 3.05.